The van der Waals surface area contributed by atoms with Gasteiger partial charge in [-0.3, -0.25) is 4.79 Å². The van der Waals surface area contributed by atoms with Gasteiger partial charge in [-0.2, -0.15) is 4.73 Å². The fourth-order valence-electron chi connectivity index (χ4n) is 3.03. The van der Waals surface area contributed by atoms with Crippen LogP contribution >= 0.6 is 0 Å². The molecule has 0 aliphatic heterocycles. The average molecular weight is 354 g/mol. The van der Waals surface area contributed by atoms with Crippen LogP contribution in [0.5, 0.6) is 0 Å². The zero-order valence-electron chi connectivity index (χ0n) is 14.6. The van der Waals surface area contributed by atoms with Crippen LogP contribution in [0, 0.1) is 0 Å². The summed E-state index contributed by atoms with van der Waals surface area (Å²) in [6.07, 6.45) is 1.70. The average Bonchev–Trinajstić information content (AvgIpc) is 2.73. The van der Waals surface area contributed by atoms with Gasteiger partial charge in [0.15, 0.2) is 0 Å². The lowest BCUT2D eigenvalue weighted by Crippen LogP contribution is -2.24. The lowest BCUT2D eigenvalue weighted by atomic mass is 10.0. The number of aromatic nitrogens is 2. The number of hydrogen-bond donors (Lipinski definition) is 1. The fourth-order valence-corrected chi connectivity index (χ4v) is 3.03. The fraction of sp³-hybridized carbons (Fsp3) is 0.0435. The highest BCUT2D eigenvalue weighted by Gasteiger charge is 2.11. The molecule has 0 saturated heterocycles. The molecule has 4 nitrogen and oxygen atoms in total. The number of nitrogens with zero attached hydrogens (tertiary/aromatic N) is 2. The van der Waals surface area contributed by atoms with Crippen molar-refractivity contribution >= 4 is 0 Å². The van der Waals surface area contributed by atoms with E-state index in [0.717, 1.165) is 22.3 Å². The Morgan fingerprint density at radius 2 is 1.30 bits per heavy atom. The first-order valence-corrected chi connectivity index (χ1v) is 8.72. The van der Waals surface area contributed by atoms with Gasteiger partial charge >= 0.3 is 5.56 Å². The van der Waals surface area contributed by atoms with Gasteiger partial charge < -0.3 is 5.21 Å². The molecule has 1 heterocycles. The smallest absolute Gasteiger partial charge is 0.304 e. The molecule has 0 aliphatic rings. The summed E-state index contributed by atoms with van der Waals surface area (Å²) in [7, 11) is 0. The lowest BCUT2D eigenvalue weighted by molar-refractivity contribution is 0.173. The number of rotatable bonds is 4. The summed E-state index contributed by atoms with van der Waals surface area (Å²) in [6.45, 7) is 0. The third-order valence-corrected chi connectivity index (χ3v) is 4.46. The van der Waals surface area contributed by atoms with E-state index in [1.165, 1.54) is 6.20 Å². The van der Waals surface area contributed by atoms with Gasteiger partial charge in [-0.15, -0.1) is 0 Å². The second kappa shape index (κ2) is 7.30. The molecule has 0 fully saturated rings. The molecule has 1 aromatic heterocycles. The maximum Gasteiger partial charge on any atom is 0.304 e. The molecule has 0 bridgehead atoms. The highest BCUT2D eigenvalue weighted by atomic mass is 16.5. The Morgan fingerprint density at radius 3 is 1.93 bits per heavy atom. The molecule has 0 spiro atoms. The van der Waals surface area contributed by atoms with Crippen molar-refractivity contribution in [2.75, 3.05) is 0 Å². The van der Waals surface area contributed by atoms with E-state index in [1.54, 1.807) is 0 Å². The minimum atomic E-state index is -0.498. The van der Waals surface area contributed by atoms with Gasteiger partial charge in [0.05, 0.1) is 11.9 Å². The van der Waals surface area contributed by atoms with E-state index in [4.69, 9.17) is 0 Å². The van der Waals surface area contributed by atoms with Crippen LogP contribution in [0.4, 0.5) is 0 Å². The predicted octanol–water partition coefficient (Wildman–Crippen LogP) is 4.41. The highest BCUT2D eigenvalue weighted by Crippen LogP contribution is 2.20. The normalized spacial score (nSPS) is 10.7. The summed E-state index contributed by atoms with van der Waals surface area (Å²) < 4.78 is 0.614. The summed E-state index contributed by atoms with van der Waals surface area (Å²) in [6, 6.07) is 27.6. The number of hydrogen-bond acceptors (Lipinski definition) is 3. The molecule has 27 heavy (non-hydrogen) atoms. The predicted molar refractivity (Wildman–Crippen MR) is 106 cm³/mol. The maximum absolute atomic E-state index is 12.3. The molecular formula is C23H18N2O2. The van der Waals surface area contributed by atoms with E-state index in [0.29, 0.717) is 22.5 Å². The van der Waals surface area contributed by atoms with E-state index < -0.39 is 5.56 Å². The van der Waals surface area contributed by atoms with Gasteiger partial charge in [0.2, 0.25) is 0 Å². The molecule has 0 unspecified atom stereocenters. The molecule has 3 aromatic carbocycles. The molecule has 0 atom stereocenters. The molecule has 4 rings (SSSR count). The number of benzene rings is 3. The van der Waals surface area contributed by atoms with E-state index in [2.05, 4.69) is 17.1 Å². The summed E-state index contributed by atoms with van der Waals surface area (Å²) >= 11 is 0. The zero-order valence-corrected chi connectivity index (χ0v) is 14.6. The maximum atomic E-state index is 12.3. The van der Waals surface area contributed by atoms with Crippen LogP contribution in [0.15, 0.2) is 95.9 Å². The summed E-state index contributed by atoms with van der Waals surface area (Å²) in [5, 5.41) is 9.98. The van der Waals surface area contributed by atoms with Gasteiger partial charge in [0, 0.05) is 12.0 Å². The third-order valence-electron chi connectivity index (χ3n) is 4.46. The molecule has 0 saturated carbocycles. The molecule has 0 amide bonds. The van der Waals surface area contributed by atoms with Gasteiger partial charge in [0.1, 0.15) is 5.69 Å². The monoisotopic (exact) mass is 354 g/mol. The van der Waals surface area contributed by atoms with Crippen LogP contribution in [0.3, 0.4) is 0 Å². The summed E-state index contributed by atoms with van der Waals surface area (Å²) in [5.41, 5.74) is 4.45. The largest absolute Gasteiger partial charge is 0.425 e. The summed E-state index contributed by atoms with van der Waals surface area (Å²) in [5.74, 6) is 0. The Balaban J connectivity index is 1.64. The Bertz CT molecular complexity index is 1100. The van der Waals surface area contributed by atoms with E-state index in [1.807, 2.05) is 72.8 Å². The SMILES string of the molecule is O=c1c(Cc2ccc(-c3ccccc3)cc2)nc(-c2ccccc2)cn1O. The molecule has 1 N–H and O–H groups in total. The van der Waals surface area contributed by atoms with Gasteiger partial charge in [0.25, 0.3) is 0 Å². The molecule has 0 radical (unpaired) electrons. The second-order valence-corrected chi connectivity index (χ2v) is 6.33. The Morgan fingerprint density at radius 1 is 0.741 bits per heavy atom. The first-order valence-electron chi connectivity index (χ1n) is 8.72. The summed E-state index contributed by atoms with van der Waals surface area (Å²) in [4.78, 5) is 16.8. The lowest BCUT2D eigenvalue weighted by Gasteiger charge is -2.08. The Hall–Kier alpha value is -3.66. The standard InChI is InChI=1S/C23H18N2O2/c26-23-21(24-22(16-25(23)27)20-9-5-2-6-10-20)15-17-11-13-19(14-12-17)18-7-3-1-4-8-18/h1-14,16,27H,15H2. The second-order valence-electron chi connectivity index (χ2n) is 6.33. The van der Waals surface area contributed by atoms with Gasteiger partial charge in [-0.25, -0.2) is 4.98 Å². The van der Waals surface area contributed by atoms with Crippen LogP contribution in [-0.4, -0.2) is 14.9 Å². The van der Waals surface area contributed by atoms with Crippen LogP contribution in [0.2, 0.25) is 0 Å². The molecule has 0 aliphatic carbocycles. The first-order chi connectivity index (χ1) is 13.2. The molecule has 4 aromatic rings. The van der Waals surface area contributed by atoms with E-state index in [-0.39, 0.29) is 0 Å². The zero-order chi connectivity index (χ0) is 18.6. The van der Waals surface area contributed by atoms with Crippen molar-refractivity contribution in [1.82, 2.24) is 9.71 Å². The van der Waals surface area contributed by atoms with Gasteiger partial charge in [-0.1, -0.05) is 84.9 Å². The topological polar surface area (TPSA) is 55.1 Å². The van der Waals surface area contributed by atoms with Crippen LogP contribution in [-0.2, 0) is 6.42 Å². The quantitative estimate of drug-likeness (QED) is 0.553. The third kappa shape index (κ3) is 3.65. The van der Waals surface area contributed by atoms with E-state index >= 15 is 0 Å². The van der Waals surface area contributed by atoms with Crippen molar-refractivity contribution < 1.29 is 5.21 Å². The molecule has 132 valence electrons. The van der Waals surface area contributed by atoms with Crippen LogP contribution in [0.25, 0.3) is 22.4 Å². The molecule has 4 heteroatoms. The van der Waals surface area contributed by atoms with Crippen LogP contribution < -0.4 is 5.56 Å². The Kier molecular flexibility index (Phi) is 4.54. The minimum Gasteiger partial charge on any atom is -0.425 e. The van der Waals surface area contributed by atoms with Crippen molar-refractivity contribution in [3.63, 3.8) is 0 Å². The Labute approximate surface area is 157 Å². The highest BCUT2D eigenvalue weighted by molar-refractivity contribution is 5.63. The minimum absolute atomic E-state index is 0.311. The first kappa shape index (κ1) is 16.8. The van der Waals surface area contributed by atoms with Crippen molar-refractivity contribution in [3.8, 4) is 22.4 Å². The van der Waals surface area contributed by atoms with Crippen LogP contribution in [0.1, 0.15) is 11.3 Å². The van der Waals surface area contributed by atoms with E-state index in [9.17, 15) is 10.0 Å². The van der Waals surface area contributed by atoms with Crippen molar-refractivity contribution in [1.29, 1.82) is 0 Å². The molecular weight excluding hydrogens is 336 g/mol. The van der Waals surface area contributed by atoms with Gasteiger partial charge in [-0.05, 0) is 16.7 Å². The van der Waals surface area contributed by atoms with Crippen molar-refractivity contribution in [2.24, 2.45) is 0 Å². The van der Waals surface area contributed by atoms with Crippen molar-refractivity contribution in [3.05, 3.63) is 113 Å². The van der Waals surface area contributed by atoms with Crippen molar-refractivity contribution in [2.45, 2.75) is 6.42 Å².